The fourth-order valence-corrected chi connectivity index (χ4v) is 4.09. The molecule has 2 atom stereocenters. The maximum atomic E-state index is 12.7. The van der Waals surface area contributed by atoms with E-state index < -0.39 is 0 Å². The number of nitrogens with one attached hydrogen (secondary N) is 2. The zero-order chi connectivity index (χ0) is 20.4. The van der Waals surface area contributed by atoms with E-state index in [4.69, 9.17) is 0 Å². The number of amides is 2. The molecule has 3 aromatic rings. The minimum absolute atomic E-state index is 0.00973. The summed E-state index contributed by atoms with van der Waals surface area (Å²) in [4.78, 5) is 34.2. The minimum atomic E-state index is -0.299. The largest absolute Gasteiger partial charge is 0.361 e. The molecular weight excluding hydrogens is 364 g/mol. The van der Waals surface area contributed by atoms with Crippen LogP contribution in [0.5, 0.6) is 0 Å². The molecule has 1 saturated heterocycles. The lowest BCUT2D eigenvalue weighted by atomic mass is 10.0. The highest BCUT2D eigenvalue weighted by atomic mass is 16.2. The number of carbonyl (C=O) groups is 2. The number of rotatable bonds is 6. The maximum Gasteiger partial charge on any atom is 0.225 e. The predicted octanol–water partition coefficient (Wildman–Crippen LogP) is 2.97. The van der Waals surface area contributed by atoms with E-state index >= 15 is 0 Å². The third-order valence-corrected chi connectivity index (χ3v) is 5.61. The van der Waals surface area contributed by atoms with Crippen LogP contribution in [0.25, 0.3) is 10.9 Å². The lowest BCUT2D eigenvalue weighted by molar-refractivity contribution is -0.129. The van der Waals surface area contributed by atoms with Crippen molar-refractivity contribution in [1.82, 2.24) is 20.2 Å². The van der Waals surface area contributed by atoms with E-state index in [1.54, 1.807) is 17.3 Å². The second kappa shape index (κ2) is 8.07. The number of aryl methyl sites for hydroxylation is 1. The maximum absolute atomic E-state index is 12.7. The zero-order valence-corrected chi connectivity index (χ0v) is 16.8. The van der Waals surface area contributed by atoms with Crippen molar-refractivity contribution in [1.29, 1.82) is 0 Å². The van der Waals surface area contributed by atoms with Gasteiger partial charge in [-0.15, -0.1) is 0 Å². The quantitative estimate of drug-likeness (QED) is 0.679. The summed E-state index contributed by atoms with van der Waals surface area (Å²) in [6.07, 6.45) is 6.50. The Morgan fingerprint density at radius 2 is 2.21 bits per heavy atom. The number of para-hydroxylation sites is 1. The fourth-order valence-electron chi connectivity index (χ4n) is 4.09. The van der Waals surface area contributed by atoms with Crippen LogP contribution in [-0.2, 0) is 22.6 Å². The standard InChI is InChI=1S/C23H26N4O2/c1-15-5-3-7-20-18(12-25-22(15)20)9-16(2)26-23(29)19-10-21(28)27(14-19)13-17-6-4-8-24-11-17/h3-8,11-12,16,19,25H,9-10,13-14H2,1-2H3,(H,26,29). The number of aromatic amines is 1. The van der Waals surface area contributed by atoms with Crippen molar-refractivity contribution in [3.8, 4) is 0 Å². The third-order valence-electron chi connectivity index (χ3n) is 5.61. The van der Waals surface area contributed by atoms with E-state index in [1.807, 2.05) is 25.3 Å². The van der Waals surface area contributed by atoms with Crippen LogP contribution in [-0.4, -0.2) is 39.3 Å². The van der Waals surface area contributed by atoms with Crippen molar-refractivity contribution in [3.63, 3.8) is 0 Å². The van der Waals surface area contributed by atoms with Crippen molar-refractivity contribution in [2.24, 2.45) is 5.92 Å². The van der Waals surface area contributed by atoms with E-state index in [1.165, 1.54) is 16.5 Å². The highest BCUT2D eigenvalue weighted by Gasteiger charge is 2.34. The Morgan fingerprint density at radius 3 is 3.00 bits per heavy atom. The van der Waals surface area contributed by atoms with Gasteiger partial charge < -0.3 is 15.2 Å². The van der Waals surface area contributed by atoms with Crippen LogP contribution in [0, 0.1) is 12.8 Å². The van der Waals surface area contributed by atoms with Crippen LogP contribution in [0.1, 0.15) is 30.0 Å². The highest BCUT2D eigenvalue weighted by molar-refractivity contribution is 5.89. The van der Waals surface area contributed by atoms with Crippen LogP contribution in [0.3, 0.4) is 0 Å². The Hall–Kier alpha value is -3.15. The molecule has 0 saturated carbocycles. The molecule has 1 aliphatic rings. The van der Waals surface area contributed by atoms with Crippen molar-refractivity contribution < 1.29 is 9.59 Å². The first kappa shape index (κ1) is 19.2. The molecule has 2 amide bonds. The second-order valence-electron chi connectivity index (χ2n) is 7.96. The Labute approximate surface area is 170 Å². The lowest BCUT2D eigenvalue weighted by Gasteiger charge is -2.18. The van der Waals surface area contributed by atoms with Crippen LogP contribution in [0.2, 0.25) is 0 Å². The molecule has 6 heteroatoms. The summed E-state index contributed by atoms with van der Waals surface area (Å²) >= 11 is 0. The minimum Gasteiger partial charge on any atom is -0.361 e. The van der Waals surface area contributed by atoms with Gasteiger partial charge in [0.2, 0.25) is 11.8 Å². The molecule has 1 fully saturated rings. The summed E-state index contributed by atoms with van der Waals surface area (Å²) in [7, 11) is 0. The second-order valence-corrected chi connectivity index (χ2v) is 7.96. The number of hydrogen-bond donors (Lipinski definition) is 2. The van der Waals surface area contributed by atoms with Gasteiger partial charge >= 0.3 is 0 Å². The number of hydrogen-bond acceptors (Lipinski definition) is 3. The molecule has 2 N–H and O–H groups in total. The van der Waals surface area contributed by atoms with Crippen LogP contribution < -0.4 is 5.32 Å². The topological polar surface area (TPSA) is 78.1 Å². The number of nitrogens with zero attached hydrogens (tertiary/aromatic N) is 2. The van der Waals surface area contributed by atoms with Gasteiger partial charge in [0.05, 0.1) is 5.92 Å². The molecule has 3 heterocycles. The van der Waals surface area contributed by atoms with Crippen molar-refractivity contribution >= 4 is 22.7 Å². The normalized spacial score (nSPS) is 17.7. The Balaban J connectivity index is 1.35. The van der Waals surface area contributed by atoms with E-state index in [9.17, 15) is 9.59 Å². The number of carbonyl (C=O) groups excluding carboxylic acids is 2. The molecular formula is C23H26N4O2. The molecule has 0 radical (unpaired) electrons. The summed E-state index contributed by atoms with van der Waals surface area (Å²) in [6, 6.07) is 10.0. The lowest BCUT2D eigenvalue weighted by Crippen LogP contribution is -2.39. The van der Waals surface area contributed by atoms with Crippen molar-refractivity contribution in [2.45, 2.75) is 39.3 Å². The Kier molecular flexibility index (Phi) is 5.34. The summed E-state index contributed by atoms with van der Waals surface area (Å²) in [5.74, 6) is -0.323. The van der Waals surface area contributed by atoms with Gasteiger partial charge in [0.25, 0.3) is 0 Å². The van der Waals surface area contributed by atoms with Gasteiger partial charge in [-0.1, -0.05) is 24.3 Å². The molecule has 150 valence electrons. The molecule has 6 nitrogen and oxygen atoms in total. The smallest absolute Gasteiger partial charge is 0.225 e. The third kappa shape index (κ3) is 4.16. The van der Waals surface area contributed by atoms with Crippen LogP contribution in [0.15, 0.2) is 48.9 Å². The van der Waals surface area contributed by atoms with Gasteiger partial charge in [0.15, 0.2) is 0 Å². The molecule has 0 aliphatic carbocycles. The van der Waals surface area contributed by atoms with Gasteiger partial charge in [-0.2, -0.15) is 0 Å². The fraction of sp³-hybridized carbons (Fsp3) is 0.348. The highest BCUT2D eigenvalue weighted by Crippen LogP contribution is 2.23. The van der Waals surface area contributed by atoms with Crippen LogP contribution in [0.4, 0.5) is 0 Å². The van der Waals surface area contributed by atoms with Gasteiger partial charge in [-0.25, -0.2) is 0 Å². The molecule has 2 unspecified atom stereocenters. The molecule has 4 rings (SSSR count). The Bertz CT molecular complexity index is 1030. The summed E-state index contributed by atoms with van der Waals surface area (Å²) in [5.41, 5.74) is 4.53. The molecule has 0 spiro atoms. The number of H-pyrrole nitrogens is 1. The SMILES string of the molecule is Cc1cccc2c(CC(C)NC(=O)C3CC(=O)N(Cc4cccnc4)C3)c[nH]c12. The first-order valence-electron chi connectivity index (χ1n) is 10.0. The van der Waals surface area contributed by atoms with Crippen LogP contribution >= 0.6 is 0 Å². The first-order chi connectivity index (χ1) is 14.0. The number of aromatic nitrogens is 2. The summed E-state index contributed by atoms with van der Waals surface area (Å²) in [6.45, 7) is 5.05. The van der Waals surface area contributed by atoms with E-state index in [0.29, 0.717) is 13.1 Å². The number of benzene rings is 1. The molecule has 2 aromatic heterocycles. The Morgan fingerprint density at radius 1 is 1.34 bits per heavy atom. The van der Waals surface area contributed by atoms with Gasteiger partial charge in [0, 0.05) is 55.0 Å². The van der Waals surface area contributed by atoms with Crippen molar-refractivity contribution in [2.75, 3.05) is 6.54 Å². The average molecular weight is 390 g/mol. The van der Waals surface area contributed by atoms with E-state index in [2.05, 4.69) is 40.4 Å². The molecule has 1 aromatic carbocycles. The van der Waals surface area contributed by atoms with Gasteiger partial charge in [-0.05, 0) is 43.0 Å². The molecule has 0 bridgehead atoms. The monoisotopic (exact) mass is 390 g/mol. The first-order valence-corrected chi connectivity index (χ1v) is 10.0. The molecule has 1 aliphatic heterocycles. The van der Waals surface area contributed by atoms with E-state index in [0.717, 1.165) is 17.5 Å². The number of fused-ring (bicyclic) bond motifs is 1. The predicted molar refractivity (Wildman–Crippen MR) is 112 cm³/mol. The van der Waals surface area contributed by atoms with Gasteiger partial charge in [-0.3, -0.25) is 14.6 Å². The zero-order valence-electron chi connectivity index (χ0n) is 16.8. The number of likely N-dealkylation sites (tertiary alicyclic amines) is 1. The summed E-state index contributed by atoms with van der Waals surface area (Å²) < 4.78 is 0. The average Bonchev–Trinajstić information content (AvgIpc) is 3.27. The van der Waals surface area contributed by atoms with E-state index in [-0.39, 0.29) is 30.2 Å². The number of pyridine rings is 1. The van der Waals surface area contributed by atoms with Gasteiger partial charge in [0.1, 0.15) is 0 Å². The summed E-state index contributed by atoms with van der Waals surface area (Å²) in [5, 5.41) is 4.30. The van der Waals surface area contributed by atoms with Crippen molar-refractivity contribution in [3.05, 3.63) is 65.6 Å². The molecule has 29 heavy (non-hydrogen) atoms.